The lowest BCUT2D eigenvalue weighted by Gasteiger charge is -2.29. The van der Waals surface area contributed by atoms with Gasteiger partial charge in [0.15, 0.2) is 6.10 Å². The summed E-state index contributed by atoms with van der Waals surface area (Å²) < 4.78 is 54.0. The highest BCUT2D eigenvalue weighted by atomic mass is 35.5. The first-order chi connectivity index (χ1) is 39.4. The smallest absolute Gasteiger partial charge is 0.347 e. The molecule has 0 aliphatic carbocycles. The van der Waals surface area contributed by atoms with Gasteiger partial charge in [0, 0.05) is 70.7 Å². The molecular weight excluding hydrogens is 1140 g/mol. The highest BCUT2D eigenvalue weighted by Crippen LogP contribution is 2.45. The molecule has 0 aromatic heterocycles. The van der Waals surface area contributed by atoms with Gasteiger partial charge in [0.2, 0.25) is 41.4 Å². The van der Waals surface area contributed by atoms with Crippen LogP contribution in [0.15, 0.2) is 54.6 Å². The summed E-state index contributed by atoms with van der Waals surface area (Å²) in [6, 6.07) is 8.97. The predicted molar refractivity (Wildman–Crippen MR) is 305 cm³/mol. The van der Waals surface area contributed by atoms with Crippen molar-refractivity contribution in [2.24, 2.45) is 23.2 Å². The van der Waals surface area contributed by atoms with Crippen LogP contribution < -0.4 is 36.6 Å². The van der Waals surface area contributed by atoms with Gasteiger partial charge in [0.25, 0.3) is 10.1 Å². The first-order valence-electron chi connectivity index (χ1n) is 27.7. The fourth-order valence-electron chi connectivity index (χ4n) is 8.75. The molecule has 84 heavy (non-hydrogen) atoms. The molecule has 2 aromatic rings. The number of aliphatic carboxylic acids is 1. The summed E-state index contributed by atoms with van der Waals surface area (Å²) in [6.45, 7) is 12.5. The van der Waals surface area contributed by atoms with E-state index < -0.39 is 148 Å². The molecule has 2 aromatic carbocycles. The topological polar surface area (TPSA) is 361 Å². The molecule has 25 nitrogen and oxygen atoms in total. The number of hydrogen-bond acceptors (Lipinski definition) is 16. The Kier molecular flexibility index (Phi) is 26.6. The van der Waals surface area contributed by atoms with Gasteiger partial charge in [0.1, 0.15) is 36.1 Å². The minimum absolute atomic E-state index is 0.0517. The predicted octanol–water partition coefficient (Wildman–Crippen LogP) is 2.86. The van der Waals surface area contributed by atoms with Crippen molar-refractivity contribution in [2.45, 2.75) is 149 Å². The molecule has 0 spiro atoms. The highest BCUT2D eigenvalue weighted by Gasteiger charge is 2.48. The van der Waals surface area contributed by atoms with Crippen LogP contribution in [0, 0.1) is 23.2 Å². The van der Waals surface area contributed by atoms with E-state index in [1.807, 2.05) is 32.9 Å². The molecule has 8 N–H and O–H groups in total. The van der Waals surface area contributed by atoms with E-state index >= 15 is 0 Å². The first-order valence-corrected chi connectivity index (χ1v) is 29.7. The second kappa shape index (κ2) is 32.2. The molecule has 8 atom stereocenters. The van der Waals surface area contributed by atoms with Gasteiger partial charge < -0.3 is 60.9 Å². The zero-order chi connectivity index (χ0) is 62.6. The van der Waals surface area contributed by atoms with Gasteiger partial charge >= 0.3 is 17.9 Å². The monoisotopic (exact) mass is 1220 g/mol. The fraction of sp³-hybridized carbons (Fsp3) is 0.579. The van der Waals surface area contributed by atoms with Crippen molar-refractivity contribution >= 4 is 81.0 Å². The van der Waals surface area contributed by atoms with Crippen molar-refractivity contribution in [3.05, 3.63) is 76.3 Å². The number of carboxylic acids is 1. The summed E-state index contributed by atoms with van der Waals surface area (Å²) in [5.74, 6) is -8.38. The maximum atomic E-state index is 14.0. The number of cyclic esters (lactones) is 2. The maximum Gasteiger partial charge on any atom is 0.347 e. The molecule has 2 aliphatic heterocycles. The Morgan fingerprint density at radius 2 is 1.52 bits per heavy atom. The lowest BCUT2D eigenvalue weighted by atomic mass is 9.92. The third-order valence-electron chi connectivity index (χ3n) is 13.9. The molecule has 1 fully saturated rings. The number of halogens is 1. The van der Waals surface area contributed by atoms with Crippen LogP contribution in [0.5, 0.6) is 5.75 Å². The number of nitrogens with zero attached hydrogens (tertiary/aromatic N) is 1. The van der Waals surface area contributed by atoms with Crippen molar-refractivity contribution < 1.29 is 85.0 Å². The average molecular weight is 1220 g/mol. The van der Waals surface area contributed by atoms with Crippen molar-refractivity contribution in [2.75, 3.05) is 39.0 Å². The number of benzene rings is 2. The van der Waals surface area contributed by atoms with Gasteiger partial charge in [-0.2, -0.15) is 8.42 Å². The van der Waals surface area contributed by atoms with Crippen molar-refractivity contribution in [1.29, 1.82) is 0 Å². The van der Waals surface area contributed by atoms with Crippen LogP contribution in [0.4, 0.5) is 0 Å². The van der Waals surface area contributed by atoms with Gasteiger partial charge in [-0.15, -0.1) is 0 Å². The van der Waals surface area contributed by atoms with Gasteiger partial charge in [-0.3, -0.25) is 47.7 Å². The average Bonchev–Trinajstić information content (AvgIpc) is 3.21. The first kappa shape index (κ1) is 69.3. The van der Waals surface area contributed by atoms with E-state index in [-0.39, 0.29) is 70.6 Å². The summed E-state index contributed by atoms with van der Waals surface area (Å²) in [5, 5.41) is 25.3. The molecule has 27 heteroatoms. The van der Waals surface area contributed by atoms with E-state index in [9.17, 15) is 61.5 Å². The molecule has 1 saturated heterocycles. The van der Waals surface area contributed by atoms with Crippen LogP contribution in [-0.2, 0) is 85.2 Å². The van der Waals surface area contributed by atoms with Crippen LogP contribution in [0.1, 0.15) is 117 Å². The number of methoxy groups -OCH3 is 1. The Balaban J connectivity index is 1.36. The van der Waals surface area contributed by atoms with Crippen LogP contribution in [0.3, 0.4) is 0 Å². The van der Waals surface area contributed by atoms with E-state index in [0.29, 0.717) is 21.9 Å². The Hall–Kier alpha value is -7.16. The third-order valence-corrected chi connectivity index (χ3v) is 14.9. The largest absolute Gasteiger partial charge is 0.495 e. The number of carbonyl (C=O) groups excluding carboxylic acids is 9. The molecular formula is C57H80ClN7O18S. The minimum atomic E-state index is -4.32. The Morgan fingerprint density at radius 3 is 2.14 bits per heavy atom. The number of nitrogens with one attached hydrogen (secondary N) is 6. The second-order valence-corrected chi connectivity index (χ2v) is 24.2. The number of carboxylic acid groups (broad SMARTS) is 1. The molecule has 464 valence electrons. The summed E-state index contributed by atoms with van der Waals surface area (Å²) in [6.07, 6.45) is -1.52. The Morgan fingerprint density at radius 1 is 0.857 bits per heavy atom. The molecule has 0 saturated carbocycles. The van der Waals surface area contributed by atoms with Crippen molar-refractivity contribution in [3.63, 3.8) is 0 Å². The normalized spacial score (nSPS) is 20.8. The highest BCUT2D eigenvalue weighted by molar-refractivity contribution is 7.85. The molecule has 4 rings (SSSR count). The second-order valence-electron chi connectivity index (χ2n) is 22.2. The number of rotatable bonds is 27. The van der Waals surface area contributed by atoms with Crippen LogP contribution in [0.2, 0.25) is 5.02 Å². The molecule has 2 aliphatic rings. The van der Waals surface area contributed by atoms with E-state index in [1.165, 1.54) is 26.2 Å². The van der Waals surface area contributed by atoms with Crippen molar-refractivity contribution in [3.8, 4) is 5.75 Å². The number of hydrogen-bond donors (Lipinski definition) is 8. The fourth-order valence-corrected chi connectivity index (χ4v) is 9.39. The summed E-state index contributed by atoms with van der Waals surface area (Å²) in [4.78, 5) is 132. The van der Waals surface area contributed by atoms with E-state index in [4.69, 9.17) is 35.1 Å². The Labute approximate surface area is 494 Å². The molecule has 2 heterocycles. The SMILES string of the molecule is COc1ccc(C[C@H]2NC(=O)/C=C/C[C@@H](C(C)[C@H]3O[C@@H]3c3ccc(CNC(=O)C(C)NC(=O)C(NC(=O)CCN(CCC(=O)O)C(=O)CCC(=O)NCCS(=O)(=O)O)C(C)C)cc3)OC(=O)[C@H](CC(C)C)OC(=O)C(C)(C)CNC2=O)cc1Cl. The lowest BCUT2D eigenvalue weighted by Crippen LogP contribution is -2.54. The van der Waals surface area contributed by atoms with E-state index in [1.54, 1.807) is 58.0 Å². The van der Waals surface area contributed by atoms with Gasteiger partial charge in [-0.25, -0.2) is 4.79 Å². The zero-order valence-corrected chi connectivity index (χ0v) is 50.4. The van der Waals surface area contributed by atoms with E-state index in [2.05, 4.69) is 31.9 Å². The van der Waals surface area contributed by atoms with Crippen LogP contribution >= 0.6 is 11.6 Å². The quantitative estimate of drug-likeness (QED) is 0.0362. The van der Waals surface area contributed by atoms with Crippen LogP contribution in [-0.4, -0.2) is 158 Å². The number of esters is 2. The zero-order valence-electron chi connectivity index (χ0n) is 48.8. The number of ether oxygens (including phenoxy) is 4. The van der Waals surface area contributed by atoms with Gasteiger partial charge in [0.05, 0.1) is 35.8 Å². The van der Waals surface area contributed by atoms with Crippen LogP contribution in [0.25, 0.3) is 0 Å². The van der Waals surface area contributed by atoms with Crippen molar-refractivity contribution in [1.82, 2.24) is 36.8 Å². The maximum absolute atomic E-state index is 14.0. The molecule has 7 amide bonds. The van der Waals surface area contributed by atoms with Gasteiger partial charge in [-0.1, -0.05) is 82.6 Å². The van der Waals surface area contributed by atoms with E-state index in [0.717, 1.165) is 10.5 Å². The standard InChI is InChI=1S/C57H80ClN7O18S/c1-32(2)27-43-55(75)81-41(11-10-12-45(67)63-40(29-37-15-18-42(80-9)39(58)28-37)53(73)61-31-57(7,8)56(76)82-43)34(5)50-51(83-50)38-16-13-36(14-17-38)30-60-52(72)35(6)62-54(74)49(33(3)4)64-46(68)21-24-65(25-22-48(70)71)47(69)20-19-44(66)59-23-26-84(77,78)79/h10,12-18,28,32-35,40-41,43,49-51H,11,19-27,29-31H2,1-9H3,(H,59,66)(H,60,72)(H,61,73)(H,62,74)(H,63,67)(H,64,68)(H,70,71)(H,77,78,79)/b12-10+/t34?,35?,40-,41+,43+,49?,50-,51-/m1/s1. The number of amides is 7. The lowest BCUT2D eigenvalue weighted by molar-refractivity contribution is -0.179. The summed E-state index contributed by atoms with van der Waals surface area (Å²) >= 11 is 6.37. The molecule has 0 bridgehead atoms. The molecule has 0 radical (unpaired) electrons. The number of carbonyl (C=O) groups is 10. The third kappa shape index (κ3) is 23.1. The minimum Gasteiger partial charge on any atom is -0.495 e. The summed E-state index contributed by atoms with van der Waals surface area (Å²) in [7, 11) is -2.85. The Bertz CT molecular complexity index is 2830. The summed E-state index contributed by atoms with van der Waals surface area (Å²) in [5.41, 5.74) is 0.818. The molecule has 3 unspecified atom stereocenters. The number of epoxide rings is 1. The van der Waals surface area contributed by atoms with Gasteiger partial charge in [-0.05, 0) is 73.9 Å².